The summed E-state index contributed by atoms with van der Waals surface area (Å²) in [7, 11) is 0. The smallest absolute Gasteiger partial charge is 0.116 e. The topological polar surface area (TPSA) is 53.4 Å². The van der Waals surface area contributed by atoms with Gasteiger partial charge < -0.3 is 10.2 Å². The molecule has 0 saturated heterocycles. The van der Waals surface area contributed by atoms with Crippen LogP contribution in [-0.4, -0.2) is 21.3 Å². The lowest BCUT2D eigenvalue weighted by Gasteiger charge is -2.27. The van der Waals surface area contributed by atoms with Crippen LogP contribution in [0, 0.1) is 0 Å². The molecule has 1 aromatic rings. The number of aliphatic hydroxyl groups is 2. The van der Waals surface area contributed by atoms with E-state index in [1.807, 2.05) is 0 Å². The Morgan fingerprint density at radius 1 is 1.43 bits per heavy atom. The van der Waals surface area contributed by atoms with Crippen molar-refractivity contribution in [1.82, 2.24) is 4.98 Å². The van der Waals surface area contributed by atoms with Crippen molar-refractivity contribution in [2.45, 2.75) is 25.6 Å². The van der Waals surface area contributed by atoms with Crippen LogP contribution in [0.4, 0.5) is 0 Å². The van der Waals surface area contributed by atoms with E-state index in [9.17, 15) is 10.2 Å². The van der Waals surface area contributed by atoms with Gasteiger partial charge in [-0.2, -0.15) is 0 Å². The molecule has 2 unspecified atom stereocenters. The summed E-state index contributed by atoms with van der Waals surface area (Å²) < 4.78 is 0. The van der Waals surface area contributed by atoms with Crippen molar-refractivity contribution in [1.29, 1.82) is 0 Å². The molecule has 76 valence electrons. The summed E-state index contributed by atoms with van der Waals surface area (Å²) in [5.41, 5.74) is -0.617. The minimum atomic E-state index is -1.27. The fourth-order valence-corrected chi connectivity index (χ4v) is 1.23. The zero-order valence-corrected chi connectivity index (χ0v) is 8.38. The normalized spacial score (nSPS) is 18.0. The highest BCUT2D eigenvalue weighted by atomic mass is 16.3. The fraction of sp³-hybridized carbons (Fsp3) is 0.364. The third-order valence-corrected chi connectivity index (χ3v) is 2.22. The van der Waals surface area contributed by atoms with Crippen LogP contribution in [0.25, 0.3) is 0 Å². The molecule has 1 aromatic heterocycles. The number of hydrogen-bond acceptors (Lipinski definition) is 3. The number of allylic oxidation sites excluding steroid dienone is 1. The largest absolute Gasteiger partial charge is 0.386 e. The Labute approximate surface area is 83.7 Å². The molecule has 0 aliphatic heterocycles. The van der Waals surface area contributed by atoms with E-state index in [2.05, 4.69) is 4.98 Å². The van der Waals surface area contributed by atoms with Crippen molar-refractivity contribution >= 4 is 0 Å². The van der Waals surface area contributed by atoms with E-state index in [1.165, 1.54) is 0 Å². The molecule has 2 N–H and O–H groups in total. The maximum atomic E-state index is 10.1. The molecule has 0 radical (unpaired) electrons. The molecule has 0 aliphatic carbocycles. The molecule has 1 heterocycles. The van der Waals surface area contributed by atoms with Crippen molar-refractivity contribution in [2.75, 3.05) is 0 Å². The highest BCUT2D eigenvalue weighted by Gasteiger charge is 2.30. The molecule has 0 bridgehead atoms. The maximum Gasteiger partial charge on any atom is 0.116 e. The lowest BCUT2D eigenvalue weighted by Crippen LogP contribution is -2.34. The van der Waals surface area contributed by atoms with Crippen molar-refractivity contribution in [3.8, 4) is 0 Å². The van der Waals surface area contributed by atoms with Gasteiger partial charge >= 0.3 is 0 Å². The molecule has 3 nitrogen and oxygen atoms in total. The van der Waals surface area contributed by atoms with Gasteiger partial charge in [0.25, 0.3) is 0 Å². The second kappa shape index (κ2) is 4.35. The third kappa shape index (κ3) is 2.19. The lowest BCUT2D eigenvalue weighted by molar-refractivity contribution is -0.0425. The Kier molecular flexibility index (Phi) is 3.38. The second-order valence-electron chi connectivity index (χ2n) is 3.35. The van der Waals surface area contributed by atoms with E-state index in [-0.39, 0.29) is 0 Å². The summed E-state index contributed by atoms with van der Waals surface area (Å²) in [5.74, 6) is 0. The zero-order chi connectivity index (χ0) is 10.6. The lowest BCUT2D eigenvalue weighted by atomic mass is 9.91. The highest BCUT2D eigenvalue weighted by Crippen LogP contribution is 2.24. The van der Waals surface area contributed by atoms with Crippen LogP contribution in [0.3, 0.4) is 0 Å². The van der Waals surface area contributed by atoms with Gasteiger partial charge in [-0.25, -0.2) is 0 Å². The molecule has 2 atom stereocenters. The fourth-order valence-electron chi connectivity index (χ4n) is 1.23. The molecule has 0 amide bonds. The summed E-state index contributed by atoms with van der Waals surface area (Å²) >= 11 is 0. The van der Waals surface area contributed by atoms with Crippen LogP contribution in [0.5, 0.6) is 0 Å². The van der Waals surface area contributed by atoms with Crippen LogP contribution in [-0.2, 0) is 5.60 Å². The van der Waals surface area contributed by atoms with Crippen molar-refractivity contribution in [3.05, 3.63) is 42.2 Å². The van der Waals surface area contributed by atoms with Crippen LogP contribution < -0.4 is 0 Å². The summed E-state index contributed by atoms with van der Waals surface area (Å²) in [5, 5.41) is 19.7. The molecule has 0 saturated carbocycles. The molecular weight excluding hydrogens is 178 g/mol. The van der Waals surface area contributed by atoms with Gasteiger partial charge in [-0.05, 0) is 31.5 Å². The molecule has 0 aromatic carbocycles. The number of pyridine rings is 1. The van der Waals surface area contributed by atoms with E-state index >= 15 is 0 Å². The summed E-state index contributed by atoms with van der Waals surface area (Å²) in [6, 6.07) is 3.37. The summed E-state index contributed by atoms with van der Waals surface area (Å²) in [6.45, 7) is 3.37. The first-order chi connectivity index (χ1) is 6.59. The van der Waals surface area contributed by atoms with Gasteiger partial charge in [-0.3, -0.25) is 4.98 Å². The maximum absolute atomic E-state index is 10.1. The van der Waals surface area contributed by atoms with Gasteiger partial charge in [0, 0.05) is 12.4 Å². The molecule has 0 aliphatic rings. The van der Waals surface area contributed by atoms with Crippen molar-refractivity contribution in [3.63, 3.8) is 0 Å². The average molecular weight is 193 g/mol. The predicted octanol–water partition coefficient (Wildman–Crippen LogP) is 1.23. The highest BCUT2D eigenvalue weighted by molar-refractivity contribution is 5.21. The Morgan fingerprint density at radius 2 is 2.00 bits per heavy atom. The van der Waals surface area contributed by atoms with E-state index < -0.39 is 11.7 Å². The standard InChI is InChI=1S/C11H15NO2/c1-3-4-10(13)11(2,14)9-5-7-12-8-6-9/h3-8,10,13-14H,1-2H3/b4-3+. The molecule has 3 heteroatoms. The van der Waals surface area contributed by atoms with Gasteiger partial charge in [0.05, 0.1) is 0 Å². The first-order valence-corrected chi connectivity index (χ1v) is 4.52. The van der Waals surface area contributed by atoms with Gasteiger partial charge in [0.1, 0.15) is 11.7 Å². The minimum absolute atomic E-state index is 0.651. The Morgan fingerprint density at radius 3 is 2.50 bits per heavy atom. The average Bonchev–Trinajstić information content (AvgIpc) is 2.19. The van der Waals surface area contributed by atoms with Gasteiger partial charge in [0.2, 0.25) is 0 Å². The van der Waals surface area contributed by atoms with E-state index in [4.69, 9.17) is 0 Å². The number of aromatic nitrogens is 1. The molecule has 14 heavy (non-hydrogen) atoms. The van der Waals surface area contributed by atoms with Gasteiger partial charge in [0.15, 0.2) is 0 Å². The first-order valence-electron chi connectivity index (χ1n) is 4.52. The monoisotopic (exact) mass is 193 g/mol. The number of rotatable bonds is 3. The Balaban J connectivity index is 2.95. The number of nitrogens with zero attached hydrogens (tertiary/aromatic N) is 1. The predicted molar refractivity (Wildman–Crippen MR) is 54.6 cm³/mol. The second-order valence-corrected chi connectivity index (χ2v) is 3.35. The number of aliphatic hydroxyl groups excluding tert-OH is 1. The van der Waals surface area contributed by atoms with E-state index in [0.717, 1.165) is 0 Å². The minimum Gasteiger partial charge on any atom is -0.386 e. The van der Waals surface area contributed by atoms with Crippen molar-refractivity contribution in [2.24, 2.45) is 0 Å². The van der Waals surface area contributed by atoms with Crippen LogP contribution in [0.15, 0.2) is 36.7 Å². The summed E-state index contributed by atoms with van der Waals surface area (Å²) in [6.07, 6.45) is 5.54. The Hall–Kier alpha value is -1.19. The summed E-state index contributed by atoms with van der Waals surface area (Å²) in [4.78, 5) is 3.85. The van der Waals surface area contributed by atoms with Crippen LogP contribution >= 0.6 is 0 Å². The quantitative estimate of drug-likeness (QED) is 0.710. The van der Waals surface area contributed by atoms with Gasteiger partial charge in [-0.15, -0.1) is 0 Å². The first kappa shape index (κ1) is 10.9. The van der Waals surface area contributed by atoms with Gasteiger partial charge in [-0.1, -0.05) is 12.2 Å². The zero-order valence-electron chi connectivity index (χ0n) is 8.38. The molecule has 1 rings (SSSR count). The molecule has 0 fully saturated rings. The third-order valence-electron chi connectivity index (χ3n) is 2.22. The van der Waals surface area contributed by atoms with E-state index in [0.29, 0.717) is 5.56 Å². The van der Waals surface area contributed by atoms with Crippen LogP contribution in [0.1, 0.15) is 19.4 Å². The molecule has 0 spiro atoms. The molecular formula is C11H15NO2. The number of hydrogen-bond donors (Lipinski definition) is 2. The van der Waals surface area contributed by atoms with E-state index in [1.54, 1.807) is 50.5 Å². The van der Waals surface area contributed by atoms with Crippen LogP contribution in [0.2, 0.25) is 0 Å². The SMILES string of the molecule is C/C=C/C(O)C(C)(O)c1ccncc1. The Bertz CT molecular complexity index is 306. The van der Waals surface area contributed by atoms with Crippen molar-refractivity contribution < 1.29 is 10.2 Å².